The number of anilines is 1. The molecule has 1 aliphatic rings. The second-order valence-corrected chi connectivity index (χ2v) is 5.46. The molecule has 2 aromatic rings. The normalized spacial score (nSPS) is 15.2. The maximum atomic E-state index is 5.20. The minimum Gasteiger partial charge on any atom is -0.383 e. The van der Waals surface area contributed by atoms with Crippen LogP contribution >= 0.6 is 0 Å². The average molecular weight is 299 g/mol. The molecule has 2 aromatic heterocycles. The Balaban J connectivity index is 1.99. The standard InChI is InChI=1S/C16H21N5O/c1-11(10-22-2)19-15-12-6-8-17-9-14(12)20-16(21-15)13-5-3-4-7-18-13/h3-5,7,11,17H,6,8-10H2,1-2H3,(H,19,20,21). The highest BCUT2D eigenvalue weighted by Gasteiger charge is 2.19. The van der Waals surface area contributed by atoms with E-state index in [1.165, 1.54) is 5.56 Å². The molecule has 1 aliphatic heterocycles. The summed E-state index contributed by atoms with van der Waals surface area (Å²) in [5.41, 5.74) is 3.04. The maximum Gasteiger partial charge on any atom is 0.180 e. The first-order valence-electron chi connectivity index (χ1n) is 7.55. The van der Waals surface area contributed by atoms with Gasteiger partial charge in [0.2, 0.25) is 0 Å². The van der Waals surface area contributed by atoms with Crippen LogP contribution in [0.3, 0.4) is 0 Å². The molecule has 0 saturated heterocycles. The van der Waals surface area contributed by atoms with Crippen molar-refractivity contribution in [1.29, 1.82) is 0 Å². The first kappa shape index (κ1) is 14.9. The van der Waals surface area contributed by atoms with Gasteiger partial charge in [-0.3, -0.25) is 4.98 Å². The van der Waals surface area contributed by atoms with Gasteiger partial charge in [0.05, 0.1) is 12.3 Å². The molecular weight excluding hydrogens is 278 g/mol. The summed E-state index contributed by atoms with van der Waals surface area (Å²) in [6, 6.07) is 5.96. The molecule has 2 N–H and O–H groups in total. The summed E-state index contributed by atoms with van der Waals surface area (Å²) >= 11 is 0. The van der Waals surface area contributed by atoms with E-state index in [9.17, 15) is 0 Å². The summed E-state index contributed by atoms with van der Waals surface area (Å²) in [6.07, 6.45) is 2.69. The van der Waals surface area contributed by atoms with Crippen molar-refractivity contribution in [2.75, 3.05) is 25.6 Å². The minimum absolute atomic E-state index is 0.190. The lowest BCUT2D eigenvalue weighted by Crippen LogP contribution is -2.29. The van der Waals surface area contributed by atoms with Crippen LogP contribution in [0.1, 0.15) is 18.2 Å². The van der Waals surface area contributed by atoms with E-state index in [1.807, 2.05) is 18.2 Å². The fraction of sp³-hybridized carbons (Fsp3) is 0.438. The van der Waals surface area contributed by atoms with E-state index in [0.29, 0.717) is 12.4 Å². The molecule has 3 heterocycles. The molecule has 0 aliphatic carbocycles. The van der Waals surface area contributed by atoms with E-state index in [4.69, 9.17) is 14.7 Å². The van der Waals surface area contributed by atoms with Crippen molar-refractivity contribution in [1.82, 2.24) is 20.3 Å². The highest BCUT2D eigenvalue weighted by Crippen LogP contribution is 2.24. The van der Waals surface area contributed by atoms with Crippen molar-refractivity contribution in [3.05, 3.63) is 35.7 Å². The lowest BCUT2D eigenvalue weighted by atomic mass is 10.1. The molecule has 6 nitrogen and oxygen atoms in total. The quantitative estimate of drug-likeness (QED) is 0.874. The largest absolute Gasteiger partial charge is 0.383 e. The number of nitrogens with one attached hydrogen (secondary N) is 2. The topological polar surface area (TPSA) is 72.0 Å². The minimum atomic E-state index is 0.190. The van der Waals surface area contributed by atoms with E-state index in [0.717, 1.165) is 36.7 Å². The number of methoxy groups -OCH3 is 1. The van der Waals surface area contributed by atoms with Gasteiger partial charge in [-0.05, 0) is 32.0 Å². The SMILES string of the molecule is COCC(C)Nc1nc(-c2ccccn2)nc2c1CCNC2. The molecule has 0 spiro atoms. The van der Waals surface area contributed by atoms with Gasteiger partial charge in [0.25, 0.3) is 0 Å². The zero-order valence-corrected chi connectivity index (χ0v) is 13.0. The fourth-order valence-corrected chi connectivity index (χ4v) is 2.61. The molecule has 0 bridgehead atoms. The van der Waals surface area contributed by atoms with Gasteiger partial charge in [-0.1, -0.05) is 6.07 Å². The second kappa shape index (κ2) is 6.81. The summed E-state index contributed by atoms with van der Waals surface area (Å²) in [4.78, 5) is 13.8. The van der Waals surface area contributed by atoms with E-state index >= 15 is 0 Å². The van der Waals surface area contributed by atoms with Gasteiger partial charge in [-0.2, -0.15) is 0 Å². The van der Waals surface area contributed by atoms with Crippen molar-refractivity contribution in [3.63, 3.8) is 0 Å². The Morgan fingerprint density at radius 1 is 1.36 bits per heavy atom. The zero-order valence-electron chi connectivity index (χ0n) is 13.0. The third kappa shape index (κ3) is 3.23. The van der Waals surface area contributed by atoms with Gasteiger partial charge < -0.3 is 15.4 Å². The van der Waals surface area contributed by atoms with E-state index < -0.39 is 0 Å². The van der Waals surface area contributed by atoms with E-state index in [-0.39, 0.29) is 6.04 Å². The third-order valence-corrected chi connectivity index (χ3v) is 3.63. The Morgan fingerprint density at radius 3 is 3.05 bits per heavy atom. The molecular formula is C16H21N5O. The first-order chi connectivity index (χ1) is 10.8. The van der Waals surface area contributed by atoms with Gasteiger partial charge in [0.15, 0.2) is 5.82 Å². The van der Waals surface area contributed by atoms with Crippen LogP contribution in [0.2, 0.25) is 0 Å². The Kier molecular flexibility index (Phi) is 4.60. The molecule has 0 fully saturated rings. The van der Waals surface area contributed by atoms with Crippen LogP contribution in [0.25, 0.3) is 11.5 Å². The Bertz CT molecular complexity index is 632. The van der Waals surface area contributed by atoms with Crippen LogP contribution in [0.15, 0.2) is 24.4 Å². The lowest BCUT2D eigenvalue weighted by Gasteiger charge is -2.22. The Hall–Kier alpha value is -2.05. The van der Waals surface area contributed by atoms with Gasteiger partial charge in [-0.15, -0.1) is 0 Å². The molecule has 1 unspecified atom stereocenters. The molecule has 0 radical (unpaired) electrons. The number of fused-ring (bicyclic) bond motifs is 1. The number of pyridine rings is 1. The number of hydrogen-bond donors (Lipinski definition) is 2. The van der Waals surface area contributed by atoms with Crippen molar-refractivity contribution >= 4 is 5.82 Å². The number of hydrogen-bond acceptors (Lipinski definition) is 6. The zero-order chi connectivity index (χ0) is 15.4. The van der Waals surface area contributed by atoms with E-state index in [1.54, 1.807) is 13.3 Å². The lowest BCUT2D eigenvalue weighted by molar-refractivity contribution is 0.190. The van der Waals surface area contributed by atoms with Gasteiger partial charge >= 0.3 is 0 Å². The predicted molar refractivity (Wildman–Crippen MR) is 85.6 cm³/mol. The van der Waals surface area contributed by atoms with Crippen LogP contribution in [-0.4, -0.2) is 41.3 Å². The summed E-state index contributed by atoms with van der Waals surface area (Å²) in [5, 5.41) is 6.81. The van der Waals surface area contributed by atoms with Crippen LogP contribution in [0.5, 0.6) is 0 Å². The monoisotopic (exact) mass is 299 g/mol. The smallest absolute Gasteiger partial charge is 0.180 e. The van der Waals surface area contributed by atoms with Crippen LogP contribution in [-0.2, 0) is 17.7 Å². The predicted octanol–water partition coefficient (Wildman–Crippen LogP) is 1.63. The number of ether oxygens (including phenoxy) is 1. The van der Waals surface area contributed by atoms with Gasteiger partial charge in [-0.25, -0.2) is 9.97 Å². The highest BCUT2D eigenvalue weighted by molar-refractivity contribution is 5.57. The summed E-state index contributed by atoms with van der Waals surface area (Å²) in [7, 11) is 1.71. The van der Waals surface area contributed by atoms with Crippen molar-refractivity contribution in [3.8, 4) is 11.5 Å². The number of aromatic nitrogens is 3. The molecule has 0 saturated carbocycles. The first-order valence-corrected chi connectivity index (χ1v) is 7.55. The van der Waals surface area contributed by atoms with Crippen molar-refractivity contribution < 1.29 is 4.74 Å². The summed E-state index contributed by atoms with van der Waals surface area (Å²) in [5.74, 6) is 1.56. The molecule has 0 amide bonds. The fourth-order valence-electron chi connectivity index (χ4n) is 2.61. The molecule has 116 valence electrons. The van der Waals surface area contributed by atoms with Gasteiger partial charge in [0.1, 0.15) is 11.5 Å². The van der Waals surface area contributed by atoms with Crippen LogP contribution in [0.4, 0.5) is 5.82 Å². The molecule has 0 aromatic carbocycles. The summed E-state index contributed by atoms with van der Waals surface area (Å²) < 4.78 is 5.20. The van der Waals surface area contributed by atoms with Crippen molar-refractivity contribution in [2.24, 2.45) is 0 Å². The molecule has 6 heteroatoms. The molecule has 3 rings (SSSR count). The van der Waals surface area contributed by atoms with E-state index in [2.05, 4.69) is 22.5 Å². The molecule has 1 atom stereocenters. The summed E-state index contributed by atoms with van der Waals surface area (Å²) in [6.45, 7) is 4.44. The third-order valence-electron chi connectivity index (χ3n) is 3.63. The van der Waals surface area contributed by atoms with Crippen LogP contribution in [0, 0.1) is 0 Å². The highest BCUT2D eigenvalue weighted by atomic mass is 16.5. The number of rotatable bonds is 5. The Morgan fingerprint density at radius 2 is 2.27 bits per heavy atom. The van der Waals surface area contributed by atoms with Crippen molar-refractivity contribution in [2.45, 2.75) is 25.9 Å². The number of nitrogens with zero attached hydrogens (tertiary/aromatic N) is 3. The molecule has 22 heavy (non-hydrogen) atoms. The second-order valence-electron chi connectivity index (χ2n) is 5.46. The van der Waals surface area contributed by atoms with Crippen LogP contribution < -0.4 is 10.6 Å². The Labute approximate surface area is 130 Å². The maximum absolute atomic E-state index is 5.20. The average Bonchev–Trinajstić information content (AvgIpc) is 2.56. The van der Waals surface area contributed by atoms with Gasteiger partial charge in [0, 0.05) is 31.5 Å².